The highest BCUT2D eigenvalue weighted by Gasteiger charge is 2.73. The van der Waals surface area contributed by atoms with E-state index in [9.17, 15) is 50.2 Å². The average Bonchev–Trinajstić information content (AvgIpc) is 3.09. The van der Waals surface area contributed by atoms with E-state index in [-0.39, 0.29) is 40.8 Å². The lowest BCUT2D eigenvalue weighted by molar-refractivity contribution is -0.348. The topological polar surface area (TPSA) is 126 Å². The van der Waals surface area contributed by atoms with Crippen LogP contribution in [0.1, 0.15) is 31.8 Å². The first-order valence-corrected chi connectivity index (χ1v) is 14.8. The molecule has 0 bridgehead atoms. The first-order chi connectivity index (χ1) is 23.5. The zero-order valence-corrected chi connectivity index (χ0v) is 26.0. The Morgan fingerprint density at radius 2 is 1.54 bits per heavy atom. The minimum absolute atomic E-state index is 0.0371. The van der Waals surface area contributed by atoms with E-state index >= 15 is 0 Å². The van der Waals surface area contributed by atoms with Crippen LogP contribution < -0.4 is 16.2 Å². The maximum Gasteiger partial charge on any atom is 0.435 e. The molecule has 2 aromatic heterocycles. The number of nitrogens with zero attached hydrogens (tertiary/aromatic N) is 3. The van der Waals surface area contributed by atoms with Crippen molar-refractivity contribution in [2.75, 3.05) is 36.9 Å². The number of rotatable bonds is 8. The number of aromatic nitrogens is 2. The number of aliphatic hydroxyl groups is 1. The van der Waals surface area contributed by atoms with E-state index in [1.165, 1.54) is 48.3 Å². The minimum atomic E-state index is -6.31. The Morgan fingerprint density at radius 3 is 2.12 bits per heavy atom. The lowest BCUT2D eigenvalue weighted by atomic mass is 9.93. The van der Waals surface area contributed by atoms with E-state index in [1.807, 2.05) is 0 Å². The Bertz CT molecular complexity index is 1930. The number of amides is 2. The van der Waals surface area contributed by atoms with Crippen molar-refractivity contribution < 1.29 is 50.2 Å². The fourth-order valence-corrected chi connectivity index (χ4v) is 5.31. The van der Waals surface area contributed by atoms with Crippen molar-refractivity contribution in [2.45, 2.75) is 24.6 Å². The van der Waals surface area contributed by atoms with Crippen molar-refractivity contribution in [1.29, 1.82) is 0 Å². The van der Waals surface area contributed by atoms with Gasteiger partial charge >= 0.3 is 18.0 Å². The van der Waals surface area contributed by atoms with Gasteiger partial charge in [0.05, 0.1) is 25.4 Å². The van der Waals surface area contributed by atoms with Gasteiger partial charge in [0.25, 0.3) is 17.4 Å². The lowest BCUT2D eigenvalue weighted by Gasteiger charge is -2.30. The molecular weight excluding hydrogens is 679 g/mol. The van der Waals surface area contributed by atoms with Gasteiger partial charge in [-0.25, -0.2) is 9.37 Å². The predicted octanol–water partition coefficient (Wildman–Crippen LogP) is 5.70. The summed E-state index contributed by atoms with van der Waals surface area (Å²) in [5.74, 6) is -0.936. The van der Waals surface area contributed by atoms with Gasteiger partial charge in [0.1, 0.15) is 11.5 Å². The summed E-state index contributed by atoms with van der Waals surface area (Å²) in [5, 5.41) is 15.7. The zero-order chi connectivity index (χ0) is 36.4. The van der Waals surface area contributed by atoms with Crippen LogP contribution in [0.25, 0.3) is 11.1 Å². The number of carbonyl (C=O) groups is 2. The number of ether oxygens (including phenoxy) is 1. The third-order valence-corrected chi connectivity index (χ3v) is 7.97. The molecule has 50 heavy (non-hydrogen) atoms. The molecule has 0 spiro atoms. The number of alkyl halides is 7. The van der Waals surface area contributed by atoms with Crippen molar-refractivity contribution in [3.8, 4) is 11.1 Å². The molecule has 0 radical (unpaired) electrons. The number of pyridine rings is 2. The minimum Gasteiger partial charge on any atom is -0.392 e. The molecule has 0 atom stereocenters. The Hall–Kier alpha value is -5.29. The number of hydrogen-bond acceptors (Lipinski definition) is 7. The zero-order valence-electron chi connectivity index (χ0n) is 26.0. The highest BCUT2D eigenvalue weighted by molar-refractivity contribution is 6.05. The van der Waals surface area contributed by atoms with Gasteiger partial charge in [0.15, 0.2) is 0 Å². The highest BCUT2D eigenvalue weighted by atomic mass is 19.4. The van der Waals surface area contributed by atoms with Crippen LogP contribution in [0, 0.1) is 0 Å². The van der Waals surface area contributed by atoms with Gasteiger partial charge in [-0.3, -0.25) is 14.4 Å². The molecule has 0 saturated carbocycles. The Kier molecular flexibility index (Phi) is 10.0. The maximum atomic E-state index is 14.4. The summed E-state index contributed by atoms with van der Waals surface area (Å²) in [6.45, 7) is 1.13. The number of carbonyl (C=O) groups excluding carboxylic acids is 2. The van der Waals surface area contributed by atoms with E-state index in [2.05, 4.69) is 15.6 Å². The third kappa shape index (κ3) is 7.04. The SMILES string of the molecule is Cn1cc(-c2cccc(NC(=O)c3ccc(C(F)(C(F)(F)F)C(F)(F)F)cc3)c2CO)cc(Nc2ccc(C(=O)N3CCOCC3)cn2)c1=O. The van der Waals surface area contributed by atoms with Crippen molar-refractivity contribution in [3.63, 3.8) is 0 Å². The second-order valence-electron chi connectivity index (χ2n) is 11.2. The molecule has 0 aliphatic carbocycles. The van der Waals surface area contributed by atoms with Gasteiger partial charge in [-0.15, -0.1) is 0 Å². The van der Waals surface area contributed by atoms with Crippen LogP contribution >= 0.6 is 0 Å². The van der Waals surface area contributed by atoms with Crippen LogP contribution in [0.3, 0.4) is 0 Å². The fraction of sp³-hybridized carbons (Fsp3) is 0.273. The van der Waals surface area contributed by atoms with Crippen LogP contribution in [0.4, 0.5) is 47.9 Å². The van der Waals surface area contributed by atoms with Crippen molar-refractivity contribution in [2.24, 2.45) is 7.05 Å². The van der Waals surface area contributed by atoms with Crippen LogP contribution in [-0.4, -0.2) is 70.0 Å². The molecule has 0 unspecified atom stereocenters. The molecule has 17 heteroatoms. The molecule has 5 rings (SSSR count). The maximum absolute atomic E-state index is 14.4. The largest absolute Gasteiger partial charge is 0.435 e. The number of aliphatic hydroxyl groups excluding tert-OH is 1. The summed E-state index contributed by atoms with van der Waals surface area (Å²) in [7, 11) is 1.48. The predicted molar refractivity (Wildman–Crippen MR) is 167 cm³/mol. The average molecular weight is 708 g/mol. The Balaban J connectivity index is 1.38. The number of anilines is 3. The summed E-state index contributed by atoms with van der Waals surface area (Å²) in [5.41, 5.74) is -6.88. The number of benzene rings is 2. The standard InChI is InChI=1S/C33H28F7N5O5/c1-44-17-21(15-26(30(44)49)42-27-10-7-20(16-41-27)29(48)45-11-13-50-14-12-45)23-3-2-4-25(24(23)18-46)43-28(47)19-5-8-22(9-6-19)31(34,32(35,36)37)33(38,39)40/h2-10,15-17,46H,11-14,18H2,1H3,(H,41,42)(H,43,47). The first kappa shape index (κ1) is 36.0. The molecule has 3 heterocycles. The summed E-state index contributed by atoms with van der Waals surface area (Å²) in [6, 6.07) is 10.7. The fourth-order valence-electron chi connectivity index (χ4n) is 5.31. The van der Waals surface area contributed by atoms with E-state index in [0.29, 0.717) is 55.1 Å². The molecule has 3 N–H and O–H groups in total. The molecule has 2 aromatic carbocycles. The molecule has 2 amide bonds. The second-order valence-corrected chi connectivity index (χ2v) is 11.2. The van der Waals surface area contributed by atoms with Crippen LogP contribution in [-0.2, 0) is 24.1 Å². The quantitative estimate of drug-likeness (QED) is 0.201. The molecule has 1 fully saturated rings. The first-order valence-electron chi connectivity index (χ1n) is 14.8. The normalized spacial score (nSPS) is 14.0. The number of halogens is 7. The number of aryl methyl sites for hydroxylation is 1. The van der Waals surface area contributed by atoms with E-state index in [4.69, 9.17) is 4.74 Å². The van der Waals surface area contributed by atoms with Crippen LogP contribution in [0.15, 0.2) is 77.9 Å². The molecule has 1 aliphatic rings. The lowest BCUT2D eigenvalue weighted by Crippen LogP contribution is -2.50. The monoisotopic (exact) mass is 707 g/mol. The number of hydrogen-bond donors (Lipinski definition) is 3. The number of nitrogens with one attached hydrogen (secondary N) is 2. The van der Waals surface area contributed by atoms with Gasteiger partial charge in [0.2, 0.25) is 0 Å². The Labute approximate surface area is 279 Å². The summed E-state index contributed by atoms with van der Waals surface area (Å²) in [4.78, 5) is 44.6. The van der Waals surface area contributed by atoms with E-state index < -0.39 is 47.2 Å². The van der Waals surface area contributed by atoms with E-state index in [1.54, 1.807) is 17.0 Å². The van der Waals surface area contributed by atoms with Gasteiger partial charge < -0.3 is 29.9 Å². The smallest absolute Gasteiger partial charge is 0.392 e. The summed E-state index contributed by atoms with van der Waals surface area (Å²) >= 11 is 0. The highest BCUT2D eigenvalue weighted by Crippen LogP contribution is 2.53. The molecule has 264 valence electrons. The summed E-state index contributed by atoms with van der Waals surface area (Å²) < 4.78 is 99.7. The molecule has 1 aliphatic heterocycles. The number of morpholine rings is 1. The van der Waals surface area contributed by atoms with Crippen molar-refractivity contribution in [3.05, 3.63) is 106 Å². The van der Waals surface area contributed by atoms with Crippen LogP contribution in [0.5, 0.6) is 0 Å². The molecule has 1 saturated heterocycles. The third-order valence-electron chi connectivity index (χ3n) is 7.97. The van der Waals surface area contributed by atoms with Crippen LogP contribution in [0.2, 0.25) is 0 Å². The van der Waals surface area contributed by atoms with E-state index in [0.717, 1.165) is 0 Å². The molecular formula is C33H28F7N5O5. The van der Waals surface area contributed by atoms with Crippen molar-refractivity contribution >= 4 is 29.0 Å². The van der Waals surface area contributed by atoms with Gasteiger partial charge in [-0.2, -0.15) is 26.3 Å². The van der Waals surface area contributed by atoms with Gasteiger partial charge in [-0.1, -0.05) is 24.3 Å². The second kappa shape index (κ2) is 13.9. The van der Waals surface area contributed by atoms with Crippen molar-refractivity contribution in [1.82, 2.24) is 14.5 Å². The molecule has 4 aromatic rings. The Morgan fingerprint density at radius 1 is 0.900 bits per heavy atom. The van der Waals surface area contributed by atoms with Gasteiger partial charge in [-0.05, 0) is 42.0 Å². The van der Waals surface area contributed by atoms with Gasteiger partial charge in [0, 0.05) is 60.5 Å². The summed E-state index contributed by atoms with van der Waals surface area (Å²) in [6.07, 6.45) is -9.79. The molecule has 10 nitrogen and oxygen atoms in total.